The number of nitrogens with one attached hydrogen (secondary N) is 1. The summed E-state index contributed by atoms with van der Waals surface area (Å²) in [5, 5.41) is 3.85. The molecule has 0 amide bonds. The number of hydrogen-bond donors (Lipinski definition) is 1. The molecule has 1 unspecified atom stereocenters. The van der Waals surface area contributed by atoms with Crippen LogP contribution >= 0.6 is 0 Å². The lowest BCUT2D eigenvalue weighted by molar-refractivity contribution is 0.183. The molecule has 21 heavy (non-hydrogen) atoms. The number of rotatable bonds is 8. The van der Waals surface area contributed by atoms with Gasteiger partial charge in [0, 0.05) is 6.04 Å². The first-order valence-electron chi connectivity index (χ1n) is 8.61. The van der Waals surface area contributed by atoms with Crippen LogP contribution in [0.2, 0.25) is 0 Å². The van der Waals surface area contributed by atoms with Gasteiger partial charge in [-0.25, -0.2) is 0 Å². The fourth-order valence-electron chi connectivity index (χ4n) is 3.94. The summed E-state index contributed by atoms with van der Waals surface area (Å²) in [6.07, 6.45) is 9.10. The quantitative estimate of drug-likeness (QED) is 0.756. The van der Waals surface area contributed by atoms with Gasteiger partial charge >= 0.3 is 0 Å². The fraction of sp³-hybridized carbons (Fsp3) is 0.684. The summed E-state index contributed by atoms with van der Waals surface area (Å²) >= 11 is 0. The molecule has 0 spiro atoms. The van der Waals surface area contributed by atoms with Crippen LogP contribution < -0.4 is 10.1 Å². The lowest BCUT2D eigenvalue weighted by atomic mass is 9.74. The van der Waals surface area contributed by atoms with Crippen molar-refractivity contribution in [1.29, 1.82) is 0 Å². The SMILES string of the molecule is CCCNC(Cc1ccccc1OC)C1(CC)CCCC1. The van der Waals surface area contributed by atoms with Crippen LogP contribution in [-0.2, 0) is 6.42 Å². The van der Waals surface area contributed by atoms with Crippen LogP contribution in [0.3, 0.4) is 0 Å². The molecular weight excluding hydrogens is 258 g/mol. The predicted molar refractivity (Wildman–Crippen MR) is 90.0 cm³/mol. The van der Waals surface area contributed by atoms with Crippen molar-refractivity contribution in [2.75, 3.05) is 13.7 Å². The normalized spacial score (nSPS) is 18.6. The van der Waals surface area contributed by atoms with Gasteiger partial charge in [0.15, 0.2) is 0 Å². The summed E-state index contributed by atoms with van der Waals surface area (Å²) in [5.74, 6) is 1.03. The van der Waals surface area contributed by atoms with Crippen LogP contribution in [-0.4, -0.2) is 19.7 Å². The fourth-order valence-corrected chi connectivity index (χ4v) is 3.94. The van der Waals surface area contributed by atoms with E-state index in [9.17, 15) is 0 Å². The van der Waals surface area contributed by atoms with Crippen molar-refractivity contribution in [2.24, 2.45) is 5.41 Å². The van der Waals surface area contributed by atoms with Crippen LogP contribution in [0.25, 0.3) is 0 Å². The van der Waals surface area contributed by atoms with Crippen molar-refractivity contribution in [3.05, 3.63) is 29.8 Å². The zero-order valence-corrected chi connectivity index (χ0v) is 14.0. The Morgan fingerprint density at radius 1 is 1.19 bits per heavy atom. The molecule has 1 N–H and O–H groups in total. The van der Waals surface area contributed by atoms with Gasteiger partial charge in [-0.05, 0) is 55.7 Å². The first-order chi connectivity index (χ1) is 10.3. The van der Waals surface area contributed by atoms with Crippen molar-refractivity contribution in [3.63, 3.8) is 0 Å². The summed E-state index contributed by atoms with van der Waals surface area (Å²) in [7, 11) is 1.78. The molecule has 1 aliphatic carbocycles. The van der Waals surface area contributed by atoms with Gasteiger partial charge in [0.1, 0.15) is 5.75 Å². The number of ether oxygens (including phenoxy) is 1. The molecule has 2 nitrogen and oxygen atoms in total. The van der Waals surface area contributed by atoms with E-state index in [0.29, 0.717) is 11.5 Å². The van der Waals surface area contributed by atoms with Gasteiger partial charge in [0.25, 0.3) is 0 Å². The van der Waals surface area contributed by atoms with E-state index in [1.54, 1.807) is 7.11 Å². The average Bonchev–Trinajstić information content (AvgIpc) is 3.02. The number of para-hydroxylation sites is 1. The molecule has 0 radical (unpaired) electrons. The predicted octanol–water partition coefficient (Wildman–Crippen LogP) is 4.58. The van der Waals surface area contributed by atoms with E-state index in [0.717, 1.165) is 18.7 Å². The molecule has 1 aliphatic rings. The molecule has 2 rings (SSSR count). The second-order valence-corrected chi connectivity index (χ2v) is 6.45. The Morgan fingerprint density at radius 3 is 2.52 bits per heavy atom. The van der Waals surface area contributed by atoms with Gasteiger partial charge in [0.05, 0.1) is 7.11 Å². The molecular formula is C19H31NO. The van der Waals surface area contributed by atoms with Gasteiger partial charge in [-0.3, -0.25) is 0 Å². The molecule has 1 aromatic rings. The molecule has 1 fully saturated rings. The molecule has 0 bridgehead atoms. The Balaban J connectivity index is 2.19. The molecule has 0 aromatic heterocycles. The maximum atomic E-state index is 5.55. The topological polar surface area (TPSA) is 21.3 Å². The smallest absolute Gasteiger partial charge is 0.122 e. The molecule has 0 aliphatic heterocycles. The first kappa shape index (κ1) is 16.4. The van der Waals surface area contributed by atoms with Crippen molar-refractivity contribution in [3.8, 4) is 5.75 Å². The monoisotopic (exact) mass is 289 g/mol. The Bertz CT molecular complexity index is 423. The third-order valence-corrected chi connectivity index (χ3v) is 5.30. The van der Waals surface area contributed by atoms with Crippen molar-refractivity contribution in [2.45, 2.75) is 64.8 Å². The van der Waals surface area contributed by atoms with Crippen LogP contribution in [0.5, 0.6) is 5.75 Å². The van der Waals surface area contributed by atoms with E-state index in [4.69, 9.17) is 4.74 Å². The molecule has 0 saturated heterocycles. The minimum Gasteiger partial charge on any atom is -0.496 e. The van der Waals surface area contributed by atoms with E-state index in [1.807, 2.05) is 0 Å². The van der Waals surface area contributed by atoms with Crippen molar-refractivity contribution < 1.29 is 4.74 Å². The largest absolute Gasteiger partial charge is 0.496 e. The van der Waals surface area contributed by atoms with Crippen LogP contribution in [0, 0.1) is 5.41 Å². The van der Waals surface area contributed by atoms with E-state index < -0.39 is 0 Å². The minimum atomic E-state index is 0.482. The van der Waals surface area contributed by atoms with Crippen molar-refractivity contribution >= 4 is 0 Å². The minimum absolute atomic E-state index is 0.482. The Morgan fingerprint density at radius 2 is 1.90 bits per heavy atom. The molecule has 1 aromatic carbocycles. The zero-order valence-electron chi connectivity index (χ0n) is 14.0. The molecule has 1 saturated carbocycles. The summed E-state index contributed by atoms with van der Waals surface area (Å²) in [6.45, 7) is 5.73. The Labute approximate surface area is 130 Å². The Kier molecular flexibility index (Phi) is 6.10. The van der Waals surface area contributed by atoms with Gasteiger partial charge < -0.3 is 10.1 Å². The van der Waals surface area contributed by atoms with Crippen LogP contribution in [0.4, 0.5) is 0 Å². The van der Waals surface area contributed by atoms with Crippen molar-refractivity contribution in [1.82, 2.24) is 5.32 Å². The summed E-state index contributed by atoms with van der Waals surface area (Å²) in [4.78, 5) is 0. The summed E-state index contributed by atoms with van der Waals surface area (Å²) < 4.78 is 5.55. The lowest BCUT2D eigenvalue weighted by Crippen LogP contribution is -2.45. The van der Waals surface area contributed by atoms with E-state index in [2.05, 4.69) is 43.4 Å². The second kappa shape index (κ2) is 7.84. The zero-order chi connectivity index (χ0) is 15.1. The highest BCUT2D eigenvalue weighted by atomic mass is 16.5. The highest BCUT2D eigenvalue weighted by molar-refractivity contribution is 5.34. The number of benzene rings is 1. The highest BCUT2D eigenvalue weighted by Crippen LogP contribution is 2.45. The number of methoxy groups -OCH3 is 1. The highest BCUT2D eigenvalue weighted by Gasteiger charge is 2.39. The third-order valence-electron chi connectivity index (χ3n) is 5.30. The maximum absolute atomic E-state index is 5.55. The standard InChI is InChI=1S/C19H31NO/c1-4-14-20-18(19(5-2)12-8-9-13-19)15-16-10-6-7-11-17(16)21-3/h6-7,10-11,18,20H,4-5,8-9,12-15H2,1-3H3. The van der Waals surface area contributed by atoms with Crippen LogP contribution in [0.15, 0.2) is 24.3 Å². The third kappa shape index (κ3) is 3.79. The molecule has 118 valence electrons. The van der Waals surface area contributed by atoms with Gasteiger partial charge in [-0.2, -0.15) is 0 Å². The van der Waals surface area contributed by atoms with E-state index >= 15 is 0 Å². The second-order valence-electron chi connectivity index (χ2n) is 6.45. The van der Waals surface area contributed by atoms with Gasteiger partial charge in [0.2, 0.25) is 0 Å². The van der Waals surface area contributed by atoms with E-state index in [-0.39, 0.29) is 0 Å². The molecule has 0 heterocycles. The summed E-state index contributed by atoms with van der Waals surface area (Å²) in [6, 6.07) is 9.06. The first-order valence-corrected chi connectivity index (χ1v) is 8.61. The van der Waals surface area contributed by atoms with Gasteiger partial charge in [-0.1, -0.05) is 44.9 Å². The number of hydrogen-bond acceptors (Lipinski definition) is 2. The van der Waals surface area contributed by atoms with E-state index in [1.165, 1.54) is 44.1 Å². The van der Waals surface area contributed by atoms with Crippen LogP contribution in [0.1, 0.15) is 57.9 Å². The molecule has 1 atom stereocenters. The molecule has 2 heteroatoms. The summed E-state index contributed by atoms with van der Waals surface area (Å²) in [5.41, 5.74) is 1.82. The maximum Gasteiger partial charge on any atom is 0.122 e. The average molecular weight is 289 g/mol. The lowest BCUT2D eigenvalue weighted by Gasteiger charge is -2.38. The Hall–Kier alpha value is -1.02. The van der Waals surface area contributed by atoms with Gasteiger partial charge in [-0.15, -0.1) is 0 Å².